The van der Waals surface area contributed by atoms with Gasteiger partial charge in [0, 0.05) is 19.0 Å². The second-order valence-corrected chi connectivity index (χ2v) is 4.51. The predicted molar refractivity (Wildman–Crippen MR) is 64.1 cm³/mol. The van der Waals surface area contributed by atoms with Crippen molar-refractivity contribution < 1.29 is 0 Å². The predicted octanol–water partition coefficient (Wildman–Crippen LogP) is 1.61. The summed E-state index contributed by atoms with van der Waals surface area (Å²) in [6.45, 7) is 3.21. The molecule has 1 aliphatic rings. The molecule has 82 valence electrons. The van der Waals surface area contributed by atoms with Gasteiger partial charge in [0.15, 0.2) is 0 Å². The monoisotopic (exact) mass is 204 g/mol. The van der Waals surface area contributed by atoms with Gasteiger partial charge in [-0.15, -0.1) is 0 Å². The van der Waals surface area contributed by atoms with Crippen LogP contribution in [-0.2, 0) is 6.42 Å². The maximum Gasteiger partial charge on any atom is 0.00961 e. The highest BCUT2D eigenvalue weighted by molar-refractivity contribution is 5.32. The van der Waals surface area contributed by atoms with Crippen LogP contribution in [0.25, 0.3) is 0 Å². The van der Waals surface area contributed by atoms with Crippen LogP contribution in [-0.4, -0.2) is 31.6 Å². The normalized spacial score (nSPS) is 17.7. The van der Waals surface area contributed by atoms with E-state index < -0.39 is 0 Å². The largest absolute Gasteiger partial charge is 0.330 e. The van der Waals surface area contributed by atoms with E-state index in [1.54, 1.807) is 5.56 Å². The summed E-state index contributed by atoms with van der Waals surface area (Å²) >= 11 is 0. The van der Waals surface area contributed by atoms with Gasteiger partial charge in [0.2, 0.25) is 0 Å². The molecule has 2 nitrogen and oxygen atoms in total. The minimum Gasteiger partial charge on any atom is -0.330 e. The van der Waals surface area contributed by atoms with Crippen LogP contribution in [0, 0.1) is 0 Å². The molecule has 15 heavy (non-hydrogen) atoms. The molecule has 2 rings (SSSR count). The molecule has 2 N–H and O–H groups in total. The minimum atomic E-state index is 0.754. The second kappa shape index (κ2) is 4.77. The van der Waals surface area contributed by atoms with Crippen molar-refractivity contribution in [3.8, 4) is 0 Å². The molecule has 1 saturated heterocycles. The van der Waals surface area contributed by atoms with Crippen molar-refractivity contribution >= 4 is 0 Å². The molecule has 0 unspecified atom stereocenters. The zero-order valence-corrected chi connectivity index (χ0v) is 9.45. The highest BCUT2D eigenvalue weighted by Crippen LogP contribution is 2.28. The van der Waals surface area contributed by atoms with Gasteiger partial charge < -0.3 is 10.6 Å². The fourth-order valence-electron chi connectivity index (χ4n) is 2.35. The summed E-state index contributed by atoms with van der Waals surface area (Å²) in [4.78, 5) is 2.37. The van der Waals surface area contributed by atoms with Crippen LogP contribution in [0.3, 0.4) is 0 Å². The van der Waals surface area contributed by atoms with Gasteiger partial charge in [0.25, 0.3) is 0 Å². The molecule has 1 heterocycles. The van der Waals surface area contributed by atoms with E-state index in [1.165, 1.54) is 18.7 Å². The van der Waals surface area contributed by atoms with Gasteiger partial charge in [0.05, 0.1) is 0 Å². The SMILES string of the molecule is CN1CC(c2ccccc2CCCN)C1. The Kier molecular flexibility index (Phi) is 3.39. The van der Waals surface area contributed by atoms with E-state index in [9.17, 15) is 0 Å². The van der Waals surface area contributed by atoms with Crippen LogP contribution in [0.5, 0.6) is 0 Å². The zero-order valence-electron chi connectivity index (χ0n) is 9.45. The van der Waals surface area contributed by atoms with Crippen molar-refractivity contribution in [2.45, 2.75) is 18.8 Å². The third-order valence-electron chi connectivity index (χ3n) is 3.21. The number of nitrogens with two attached hydrogens (primary N) is 1. The van der Waals surface area contributed by atoms with Crippen molar-refractivity contribution in [2.24, 2.45) is 5.73 Å². The van der Waals surface area contributed by atoms with E-state index in [4.69, 9.17) is 5.73 Å². The van der Waals surface area contributed by atoms with Gasteiger partial charge in [0.1, 0.15) is 0 Å². The number of likely N-dealkylation sites (tertiary alicyclic amines) is 1. The lowest BCUT2D eigenvalue weighted by Crippen LogP contribution is -2.42. The Morgan fingerprint density at radius 1 is 1.33 bits per heavy atom. The molecule has 1 aromatic rings. The van der Waals surface area contributed by atoms with Crippen LogP contribution in [0.15, 0.2) is 24.3 Å². The third kappa shape index (κ3) is 2.39. The molecule has 0 aliphatic carbocycles. The standard InChI is InChI=1S/C13H20N2/c1-15-9-12(10-15)13-7-3-2-5-11(13)6-4-8-14/h2-3,5,7,12H,4,6,8-10,14H2,1H3. The van der Waals surface area contributed by atoms with Crippen LogP contribution >= 0.6 is 0 Å². The maximum absolute atomic E-state index is 5.56. The Balaban J connectivity index is 2.08. The number of nitrogens with zero attached hydrogens (tertiary/aromatic N) is 1. The van der Waals surface area contributed by atoms with E-state index >= 15 is 0 Å². The number of benzene rings is 1. The molecule has 0 amide bonds. The molecule has 1 aliphatic heterocycles. The lowest BCUT2D eigenvalue weighted by Gasteiger charge is -2.37. The molecule has 1 fully saturated rings. The smallest absolute Gasteiger partial charge is 0.00961 e. The lowest BCUT2D eigenvalue weighted by molar-refractivity contribution is 0.189. The second-order valence-electron chi connectivity index (χ2n) is 4.51. The first-order valence-corrected chi connectivity index (χ1v) is 5.77. The fraction of sp³-hybridized carbons (Fsp3) is 0.538. The van der Waals surface area contributed by atoms with Crippen molar-refractivity contribution in [2.75, 3.05) is 26.7 Å². The van der Waals surface area contributed by atoms with E-state index in [0.717, 1.165) is 25.3 Å². The van der Waals surface area contributed by atoms with Gasteiger partial charge in [-0.05, 0) is 37.6 Å². The van der Waals surface area contributed by atoms with E-state index in [1.807, 2.05) is 0 Å². The Bertz CT molecular complexity index is 316. The summed E-state index contributed by atoms with van der Waals surface area (Å²) in [6, 6.07) is 8.82. The summed E-state index contributed by atoms with van der Waals surface area (Å²) in [5, 5.41) is 0. The molecule has 0 radical (unpaired) electrons. The maximum atomic E-state index is 5.56. The molecule has 0 atom stereocenters. The average Bonchev–Trinajstić information content (AvgIpc) is 2.23. The molecule has 1 aromatic carbocycles. The van der Waals surface area contributed by atoms with Crippen molar-refractivity contribution in [3.63, 3.8) is 0 Å². The first-order chi connectivity index (χ1) is 7.31. The summed E-state index contributed by atoms with van der Waals surface area (Å²) < 4.78 is 0. The van der Waals surface area contributed by atoms with Gasteiger partial charge in [-0.3, -0.25) is 0 Å². The number of likely N-dealkylation sites (N-methyl/N-ethyl adjacent to an activating group) is 1. The van der Waals surface area contributed by atoms with Crippen LogP contribution in [0.1, 0.15) is 23.5 Å². The molecule has 2 heteroatoms. The summed E-state index contributed by atoms with van der Waals surface area (Å²) in [6.07, 6.45) is 2.23. The van der Waals surface area contributed by atoms with Crippen LogP contribution < -0.4 is 5.73 Å². The summed E-state index contributed by atoms with van der Waals surface area (Å²) in [5.41, 5.74) is 8.61. The topological polar surface area (TPSA) is 29.3 Å². The molecule has 0 aromatic heterocycles. The molecule has 0 bridgehead atoms. The highest BCUT2D eigenvalue weighted by atomic mass is 15.2. The summed E-state index contributed by atoms with van der Waals surface area (Å²) in [7, 11) is 2.18. The third-order valence-corrected chi connectivity index (χ3v) is 3.21. The van der Waals surface area contributed by atoms with E-state index in [-0.39, 0.29) is 0 Å². The molecular formula is C13H20N2. The first kappa shape index (κ1) is 10.7. The van der Waals surface area contributed by atoms with Gasteiger partial charge >= 0.3 is 0 Å². The molecule has 0 saturated carbocycles. The number of rotatable bonds is 4. The Hall–Kier alpha value is -0.860. The highest BCUT2D eigenvalue weighted by Gasteiger charge is 2.25. The van der Waals surface area contributed by atoms with Crippen molar-refractivity contribution in [1.82, 2.24) is 4.90 Å². The van der Waals surface area contributed by atoms with Crippen molar-refractivity contribution in [3.05, 3.63) is 35.4 Å². The Labute approximate surface area is 92.1 Å². The molecule has 0 spiro atoms. The Morgan fingerprint density at radius 2 is 2.07 bits per heavy atom. The van der Waals surface area contributed by atoms with E-state index in [2.05, 4.69) is 36.2 Å². The summed E-state index contributed by atoms with van der Waals surface area (Å²) in [5.74, 6) is 0.754. The number of hydrogen-bond donors (Lipinski definition) is 1. The fourth-order valence-corrected chi connectivity index (χ4v) is 2.35. The Morgan fingerprint density at radius 3 is 2.73 bits per heavy atom. The zero-order chi connectivity index (χ0) is 10.7. The number of aryl methyl sites for hydroxylation is 1. The first-order valence-electron chi connectivity index (χ1n) is 5.77. The van der Waals surface area contributed by atoms with Crippen molar-refractivity contribution in [1.29, 1.82) is 0 Å². The minimum absolute atomic E-state index is 0.754. The molecular weight excluding hydrogens is 184 g/mol. The lowest BCUT2D eigenvalue weighted by atomic mass is 9.87. The van der Waals surface area contributed by atoms with Crippen LogP contribution in [0.2, 0.25) is 0 Å². The van der Waals surface area contributed by atoms with E-state index in [0.29, 0.717) is 0 Å². The number of hydrogen-bond acceptors (Lipinski definition) is 2. The van der Waals surface area contributed by atoms with Gasteiger partial charge in [-0.25, -0.2) is 0 Å². The van der Waals surface area contributed by atoms with Gasteiger partial charge in [-0.2, -0.15) is 0 Å². The van der Waals surface area contributed by atoms with Gasteiger partial charge in [-0.1, -0.05) is 24.3 Å². The quantitative estimate of drug-likeness (QED) is 0.807. The van der Waals surface area contributed by atoms with Crippen LogP contribution in [0.4, 0.5) is 0 Å². The average molecular weight is 204 g/mol.